The first-order chi connectivity index (χ1) is 14.2. The predicted octanol–water partition coefficient (Wildman–Crippen LogP) is 3.33. The van der Waals surface area contributed by atoms with Crippen molar-refractivity contribution in [1.29, 1.82) is 0 Å². The number of likely N-dealkylation sites (tertiary alicyclic amines) is 1. The molecule has 0 bridgehead atoms. The third kappa shape index (κ3) is 4.86. The second kappa shape index (κ2) is 9.53. The molecular weight excluding hydrogens is 360 g/mol. The van der Waals surface area contributed by atoms with Crippen molar-refractivity contribution in [3.63, 3.8) is 0 Å². The Morgan fingerprint density at radius 2 is 1.69 bits per heavy atom. The molecule has 2 aliphatic rings. The SMILES string of the molecule is CCC(C(=O)NC1CCN(C2CC(c3ccccc3)NN2)CC1)c1ccccc1. The summed E-state index contributed by atoms with van der Waals surface area (Å²) < 4.78 is 0. The Hall–Kier alpha value is -2.21. The number of nitrogens with zero attached hydrogens (tertiary/aromatic N) is 1. The molecule has 3 atom stereocenters. The van der Waals surface area contributed by atoms with E-state index in [1.807, 2.05) is 18.2 Å². The molecule has 2 aromatic rings. The molecule has 1 amide bonds. The van der Waals surface area contributed by atoms with E-state index in [0.29, 0.717) is 12.2 Å². The van der Waals surface area contributed by atoms with Crippen LogP contribution in [0.5, 0.6) is 0 Å². The Kier molecular flexibility index (Phi) is 6.60. The average molecular weight is 393 g/mol. The lowest BCUT2D eigenvalue weighted by Crippen LogP contribution is -2.52. The topological polar surface area (TPSA) is 56.4 Å². The Morgan fingerprint density at radius 1 is 1.03 bits per heavy atom. The number of rotatable bonds is 6. The minimum atomic E-state index is -0.0541. The Bertz CT molecular complexity index is 774. The Balaban J connectivity index is 1.26. The van der Waals surface area contributed by atoms with Gasteiger partial charge in [0.2, 0.25) is 5.91 Å². The van der Waals surface area contributed by atoms with Crippen LogP contribution in [0.1, 0.15) is 55.7 Å². The first kappa shape index (κ1) is 20.1. The van der Waals surface area contributed by atoms with Gasteiger partial charge in [-0.05, 0) is 36.8 Å². The minimum absolute atomic E-state index is 0.0541. The molecule has 0 saturated carbocycles. The van der Waals surface area contributed by atoms with Crippen molar-refractivity contribution in [3.8, 4) is 0 Å². The Labute approximate surface area is 173 Å². The van der Waals surface area contributed by atoms with Crippen LogP contribution in [0.3, 0.4) is 0 Å². The highest BCUT2D eigenvalue weighted by Crippen LogP contribution is 2.26. The number of carbonyl (C=O) groups excluding carboxylic acids is 1. The summed E-state index contributed by atoms with van der Waals surface area (Å²) >= 11 is 0. The molecule has 2 heterocycles. The first-order valence-corrected chi connectivity index (χ1v) is 10.9. The summed E-state index contributed by atoms with van der Waals surface area (Å²) in [4.78, 5) is 15.3. The summed E-state index contributed by atoms with van der Waals surface area (Å²) in [5.74, 6) is 0.114. The fourth-order valence-corrected chi connectivity index (χ4v) is 4.60. The third-order valence-corrected chi connectivity index (χ3v) is 6.33. The zero-order chi connectivity index (χ0) is 20.1. The van der Waals surface area contributed by atoms with Crippen LogP contribution < -0.4 is 16.2 Å². The maximum atomic E-state index is 12.8. The second-order valence-electron chi connectivity index (χ2n) is 8.19. The van der Waals surface area contributed by atoms with Gasteiger partial charge in [0.15, 0.2) is 0 Å². The quantitative estimate of drug-likeness (QED) is 0.706. The summed E-state index contributed by atoms with van der Waals surface area (Å²) in [6.45, 7) is 4.10. The number of benzene rings is 2. The van der Waals surface area contributed by atoms with Crippen LogP contribution in [-0.2, 0) is 4.79 Å². The molecule has 154 valence electrons. The van der Waals surface area contributed by atoms with Crippen molar-refractivity contribution in [2.45, 2.75) is 56.8 Å². The predicted molar refractivity (Wildman–Crippen MR) is 116 cm³/mol. The van der Waals surface area contributed by atoms with E-state index in [0.717, 1.165) is 44.3 Å². The normalized spacial score (nSPS) is 24.3. The van der Waals surface area contributed by atoms with Crippen molar-refractivity contribution in [1.82, 2.24) is 21.1 Å². The molecule has 3 unspecified atom stereocenters. The summed E-state index contributed by atoms with van der Waals surface area (Å²) in [6.07, 6.45) is 4.25. The van der Waals surface area contributed by atoms with Crippen LogP contribution in [0.4, 0.5) is 0 Å². The molecular formula is C24H32N4O. The second-order valence-corrected chi connectivity index (χ2v) is 8.19. The molecule has 0 spiro atoms. The molecule has 29 heavy (non-hydrogen) atoms. The van der Waals surface area contributed by atoms with Gasteiger partial charge < -0.3 is 5.32 Å². The zero-order valence-electron chi connectivity index (χ0n) is 17.2. The van der Waals surface area contributed by atoms with Crippen LogP contribution in [0.25, 0.3) is 0 Å². The number of hydrogen-bond donors (Lipinski definition) is 3. The van der Waals surface area contributed by atoms with E-state index in [4.69, 9.17) is 0 Å². The van der Waals surface area contributed by atoms with Crippen LogP contribution in [0.15, 0.2) is 60.7 Å². The molecule has 0 aliphatic carbocycles. The first-order valence-electron chi connectivity index (χ1n) is 10.9. The molecule has 0 aromatic heterocycles. The average Bonchev–Trinajstić information content (AvgIpc) is 3.26. The monoisotopic (exact) mass is 392 g/mol. The van der Waals surface area contributed by atoms with Gasteiger partial charge in [-0.3, -0.25) is 9.69 Å². The van der Waals surface area contributed by atoms with Gasteiger partial charge in [-0.25, -0.2) is 10.9 Å². The maximum Gasteiger partial charge on any atom is 0.227 e. The van der Waals surface area contributed by atoms with E-state index in [9.17, 15) is 4.79 Å². The van der Waals surface area contributed by atoms with Gasteiger partial charge in [0.25, 0.3) is 0 Å². The fraction of sp³-hybridized carbons (Fsp3) is 0.458. The molecule has 2 aliphatic heterocycles. The van der Waals surface area contributed by atoms with Gasteiger partial charge in [0.1, 0.15) is 0 Å². The van der Waals surface area contributed by atoms with Crippen molar-refractivity contribution >= 4 is 5.91 Å². The molecule has 2 fully saturated rings. The van der Waals surface area contributed by atoms with Gasteiger partial charge >= 0.3 is 0 Å². The number of piperidine rings is 1. The van der Waals surface area contributed by atoms with Gasteiger partial charge in [0.05, 0.1) is 12.1 Å². The van der Waals surface area contributed by atoms with E-state index in [2.05, 4.69) is 70.5 Å². The molecule has 5 heteroatoms. The van der Waals surface area contributed by atoms with E-state index in [1.54, 1.807) is 0 Å². The lowest BCUT2D eigenvalue weighted by atomic mass is 9.94. The number of nitrogens with one attached hydrogen (secondary N) is 3. The fourth-order valence-electron chi connectivity index (χ4n) is 4.60. The highest BCUT2D eigenvalue weighted by Gasteiger charge is 2.32. The van der Waals surface area contributed by atoms with E-state index >= 15 is 0 Å². The van der Waals surface area contributed by atoms with Crippen molar-refractivity contribution in [2.24, 2.45) is 0 Å². The third-order valence-electron chi connectivity index (χ3n) is 6.33. The highest BCUT2D eigenvalue weighted by atomic mass is 16.1. The standard InChI is InChI=1S/C24H32N4O/c1-2-21(18-9-5-3-6-10-18)24(29)25-20-13-15-28(16-14-20)23-17-22(26-27-23)19-11-7-4-8-12-19/h3-12,20-23,26-27H,2,13-17H2,1H3,(H,25,29). The van der Waals surface area contributed by atoms with E-state index in [-0.39, 0.29) is 17.9 Å². The van der Waals surface area contributed by atoms with Crippen molar-refractivity contribution < 1.29 is 4.79 Å². The summed E-state index contributed by atoms with van der Waals surface area (Å²) in [5, 5.41) is 3.31. The van der Waals surface area contributed by atoms with Gasteiger partial charge in [-0.1, -0.05) is 67.6 Å². The zero-order valence-corrected chi connectivity index (χ0v) is 17.2. The smallest absolute Gasteiger partial charge is 0.227 e. The number of hydrogen-bond acceptors (Lipinski definition) is 4. The van der Waals surface area contributed by atoms with Crippen LogP contribution >= 0.6 is 0 Å². The van der Waals surface area contributed by atoms with Crippen LogP contribution in [-0.4, -0.2) is 36.1 Å². The molecule has 2 aromatic carbocycles. The van der Waals surface area contributed by atoms with Crippen molar-refractivity contribution in [3.05, 3.63) is 71.8 Å². The lowest BCUT2D eigenvalue weighted by molar-refractivity contribution is -0.123. The van der Waals surface area contributed by atoms with E-state index in [1.165, 1.54) is 5.56 Å². The van der Waals surface area contributed by atoms with Gasteiger partial charge in [0, 0.05) is 25.2 Å². The van der Waals surface area contributed by atoms with E-state index < -0.39 is 0 Å². The van der Waals surface area contributed by atoms with Gasteiger partial charge in [-0.2, -0.15) is 0 Å². The molecule has 4 rings (SSSR count). The summed E-state index contributed by atoms with van der Waals surface area (Å²) in [5.41, 5.74) is 9.35. The maximum absolute atomic E-state index is 12.8. The molecule has 2 saturated heterocycles. The highest BCUT2D eigenvalue weighted by molar-refractivity contribution is 5.83. The van der Waals surface area contributed by atoms with Gasteiger partial charge in [-0.15, -0.1) is 0 Å². The molecule has 3 N–H and O–H groups in total. The Morgan fingerprint density at radius 3 is 2.34 bits per heavy atom. The number of carbonyl (C=O) groups is 1. The number of amides is 1. The van der Waals surface area contributed by atoms with Crippen molar-refractivity contribution in [2.75, 3.05) is 13.1 Å². The minimum Gasteiger partial charge on any atom is -0.353 e. The lowest BCUT2D eigenvalue weighted by Gasteiger charge is -2.36. The largest absolute Gasteiger partial charge is 0.353 e. The van der Waals surface area contributed by atoms with Crippen LogP contribution in [0.2, 0.25) is 0 Å². The number of hydrazine groups is 1. The van der Waals surface area contributed by atoms with Crippen LogP contribution in [0, 0.1) is 0 Å². The molecule has 5 nitrogen and oxygen atoms in total. The summed E-state index contributed by atoms with van der Waals surface area (Å²) in [7, 11) is 0. The molecule has 0 radical (unpaired) electrons. The summed E-state index contributed by atoms with van der Waals surface area (Å²) in [6, 6.07) is 21.4.